The molecular weight excluding hydrogens is 180 g/mol. The number of carbonyl (C=O) groups is 2. The van der Waals surface area contributed by atoms with Crippen LogP contribution in [-0.2, 0) is 9.59 Å². The molecule has 0 fully saturated rings. The lowest BCUT2D eigenvalue weighted by Gasteiger charge is -1.91. The van der Waals surface area contributed by atoms with Gasteiger partial charge in [0, 0.05) is 0 Å². The van der Waals surface area contributed by atoms with Crippen molar-refractivity contribution in [1.82, 2.24) is 0 Å². The number of carbonyl (C=O) groups excluding carboxylic acids is 2. The maximum Gasteiger partial charge on any atom is 0.668 e. The van der Waals surface area contributed by atoms with Gasteiger partial charge in [-0.05, 0) is 0 Å². The van der Waals surface area contributed by atoms with Crippen LogP contribution in [-0.4, -0.2) is 51.3 Å². The summed E-state index contributed by atoms with van der Waals surface area (Å²) in [4.78, 5) is 46.9. The molecule has 9 heteroatoms. The van der Waals surface area contributed by atoms with Crippen molar-refractivity contribution in [2.24, 2.45) is 0 Å². The van der Waals surface area contributed by atoms with E-state index in [0.29, 0.717) is 0 Å². The Labute approximate surface area is 62.0 Å². The molecule has 0 aromatic carbocycles. The van der Waals surface area contributed by atoms with Gasteiger partial charge < -0.3 is 19.2 Å². The molecule has 0 heterocycles. The third-order valence-electron chi connectivity index (χ3n) is 0.0556. The van der Waals surface area contributed by atoms with Crippen molar-refractivity contribution >= 4 is 21.6 Å². The summed E-state index contributed by atoms with van der Waals surface area (Å²) in [5.74, 6) is 0. The predicted octanol–water partition coefficient (Wildman–Crippen LogP) is -3.21. The highest BCUT2D eigenvalue weighted by Crippen LogP contribution is 1.67. The molecule has 0 atom stereocenters. The highest BCUT2D eigenvalue weighted by molar-refractivity contribution is 6.46. The highest BCUT2D eigenvalue weighted by atomic mass is 28.4. The zero-order valence-corrected chi connectivity index (χ0v) is 6.15. The van der Waals surface area contributed by atoms with Gasteiger partial charge in [0.2, 0.25) is 0 Å². The predicted molar refractivity (Wildman–Crippen MR) is 32.0 cm³/mol. The van der Waals surface area contributed by atoms with E-state index in [1.165, 1.54) is 0 Å². The van der Waals surface area contributed by atoms with Crippen LogP contribution in [0.2, 0.25) is 0 Å². The maximum absolute atomic E-state index is 8.81. The normalized spacial score (nSPS) is 7.82. The maximum atomic E-state index is 8.81. The molecule has 0 rings (SSSR count). The van der Waals surface area contributed by atoms with Gasteiger partial charge in [-0.15, -0.1) is 0 Å². The average Bonchev–Trinajstić information content (AvgIpc) is 1.89. The molecule has 0 saturated heterocycles. The molecule has 0 spiro atoms. The molecule has 0 aliphatic carbocycles. The smallest absolute Gasteiger partial charge is 0.368 e. The van der Waals surface area contributed by atoms with Gasteiger partial charge in [0.15, 0.2) is 12.6 Å². The molecule has 0 aromatic rings. The van der Waals surface area contributed by atoms with Crippen molar-refractivity contribution in [1.29, 1.82) is 0 Å². The molecule has 0 saturated carbocycles. The van der Waals surface area contributed by atoms with Crippen molar-refractivity contribution < 1.29 is 39.3 Å². The second kappa shape index (κ2) is 12.0. The van der Waals surface area contributed by atoms with Crippen LogP contribution in [0, 0.1) is 0 Å². The number of hydrogen-bond acceptors (Lipinski definition) is 8. The average molecular weight is 188 g/mol. The fourth-order valence-electron chi connectivity index (χ4n) is 0. The molecule has 0 bridgehead atoms. The second-order valence-electron chi connectivity index (χ2n) is 0.872. The van der Waals surface area contributed by atoms with Gasteiger partial charge in [0.05, 0.1) is 0 Å². The standard InChI is InChI=1S/C2H2O2.H4O4Si.H2O2/c3-1-2-4;1-5(2,3)4;1-2/h1-2H;1-4H;1-2H. The van der Waals surface area contributed by atoms with E-state index in [1.807, 2.05) is 0 Å². The van der Waals surface area contributed by atoms with Crippen LogP contribution >= 0.6 is 0 Å². The van der Waals surface area contributed by atoms with E-state index < -0.39 is 9.05 Å². The Hall–Kier alpha value is -0.683. The van der Waals surface area contributed by atoms with Crippen LogP contribution < -0.4 is 0 Å². The minimum absolute atomic E-state index is 0.194. The van der Waals surface area contributed by atoms with Crippen LogP contribution in [0.5, 0.6) is 0 Å². The quantitative estimate of drug-likeness (QED) is 0.0825. The summed E-state index contributed by atoms with van der Waals surface area (Å²) < 4.78 is 0. The fraction of sp³-hybridized carbons (Fsp3) is 0. The van der Waals surface area contributed by atoms with Gasteiger partial charge >= 0.3 is 9.05 Å². The minimum atomic E-state index is -4.61. The molecule has 0 unspecified atom stereocenters. The van der Waals surface area contributed by atoms with Crippen LogP contribution in [0.1, 0.15) is 0 Å². The summed E-state index contributed by atoms with van der Waals surface area (Å²) >= 11 is 0. The summed E-state index contributed by atoms with van der Waals surface area (Å²) in [6, 6.07) is 0. The molecule has 6 N–H and O–H groups in total. The van der Waals surface area contributed by atoms with E-state index in [1.54, 1.807) is 0 Å². The summed E-state index contributed by atoms with van der Waals surface area (Å²) in [7, 11) is -4.61. The van der Waals surface area contributed by atoms with E-state index in [9.17, 15) is 0 Å². The molecule has 0 radical (unpaired) electrons. The van der Waals surface area contributed by atoms with Crippen molar-refractivity contribution in [2.45, 2.75) is 0 Å². The fourth-order valence-corrected chi connectivity index (χ4v) is 0. The summed E-state index contributed by atoms with van der Waals surface area (Å²) in [6.07, 6.45) is 0.389. The third-order valence-corrected chi connectivity index (χ3v) is 0.0556. The Morgan fingerprint density at radius 2 is 0.909 bits per heavy atom. The zero-order chi connectivity index (χ0) is 9.91. The van der Waals surface area contributed by atoms with Crippen molar-refractivity contribution in [2.75, 3.05) is 0 Å². The summed E-state index contributed by atoms with van der Waals surface area (Å²) in [6.45, 7) is 0. The Morgan fingerprint density at radius 3 is 0.909 bits per heavy atom. The van der Waals surface area contributed by atoms with Crippen molar-refractivity contribution in [3.8, 4) is 0 Å². The van der Waals surface area contributed by atoms with E-state index >= 15 is 0 Å². The highest BCUT2D eigenvalue weighted by Gasteiger charge is 2.22. The molecule has 0 aliphatic rings. The first kappa shape index (κ1) is 16.7. The number of hydrogen-bond donors (Lipinski definition) is 6. The van der Waals surface area contributed by atoms with Gasteiger partial charge in [-0.3, -0.25) is 20.1 Å². The summed E-state index contributed by atoms with van der Waals surface area (Å²) in [5, 5.41) is 12.0. The van der Waals surface area contributed by atoms with Gasteiger partial charge in [-0.2, -0.15) is 0 Å². The minimum Gasteiger partial charge on any atom is -0.368 e. The second-order valence-corrected chi connectivity index (χ2v) is 2.07. The van der Waals surface area contributed by atoms with Gasteiger partial charge in [-0.25, -0.2) is 0 Å². The molecule has 68 valence electrons. The molecular formula is C2H8O8Si. The molecule has 8 nitrogen and oxygen atoms in total. The lowest BCUT2D eigenvalue weighted by molar-refractivity contribution is -0.176. The van der Waals surface area contributed by atoms with Gasteiger partial charge in [-0.1, -0.05) is 0 Å². The van der Waals surface area contributed by atoms with E-state index in [4.69, 9.17) is 39.3 Å². The molecule has 0 amide bonds. The molecule has 0 aliphatic heterocycles. The van der Waals surface area contributed by atoms with Gasteiger partial charge in [0.25, 0.3) is 0 Å². The lowest BCUT2D eigenvalue weighted by Crippen LogP contribution is -2.33. The van der Waals surface area contributed by atoms with E-state index in [0.717, 1.165) is 0 Å². The lowest BCUT2D eigenvalue weighted by atomic mass is 10.9. The summed E-state index contributed by atoms with van der Waals surface area (Å²) in [5.41, 5.74) is 0. The Bertz CT molecular complexity index is 72.6. The van der Waals surface area contributed by atoms with Crippen molar-refractivity contribution in [3.05, 3.63) is 0 Å². The Balaban J connectivity index is -0.0000000965. The SMILES string of the molecule is O=CC=O.OO.O[Si](O)(O)O. The van der Waals surface area contributed by atoms with Crippen LogP contribution in [0.4, 0.5) is 0 Å². The van der Waals surface area contributed by atoms with Crippen LogP contribution in [0.15, 0.2) is 0 Å². The first-order valence-corrected chi connectivity index (χ1v) is 3.69. The monoisotopic (exact) mass is 188 g/mol. The Kier molecular flexibility index (Phi) is 18.3. The first-order valence-electron chi connectivity index (χ1n) is 1.90. The third kappa shape index (κ3) is 4970. The first-order chi connectivity index (χ1) is 4.91. The van der Waals surface area contributed by atoms with E-state index in [-0.39, 0.29) is 12.6 Å². The van der Waals surface area contributed by atoms with Crippen molar-refractivity contribution in [3.63, 3.8) is 0 Å². The Morgan fingerprint density at radius 1 is 0.818 bits per heavy atom. The number of rotatable bonds is 1. The van der Waals surface area contributed by atoms with Gasteiger partial charge in [0.1, 0.15) is 0 Å². The largest absolute Gasteiger partial charge is 0.668 e. The number of aldehydes is 2. The molecule has 0 aromatic heterocycles. The van der Waals surface area contributed by atoms with Crippen LogP contribution in [0.3, 0.4) is 0 Å². The van der Waals surface area contributed by atoms with E-state index in [2.05, 4.69) is 0 Å². The molecule has 11 heavy (non-hydrogen) atoms. The zero-order valence-electron chi connectivity index (χ0n) is 5.15. The topological polar surface area (TPSA) is 156 Å². The van der Waals surface area contributed by atoms with Crippen LogP contribution in [0.25, 0.3) is 0 Å².